The second-order valence-electron chi connectivity index (χ2n) is 5.65. The molecule has 8 heteroatoms. The third-order valence-electron chi connectivity index (χ3n) is 3.44. The summed E-state index contributed by atoms with van der Waals surface area (Å²) in [5.41, 5.74) is 6.13. The Morgan fingerprint density at radius 2 is 1.70 bits per heavy atom. The van der Waals surface area contributed by atoms with Crippen LogP contribution in [-0.4, -0.2) is 36.7 Å². The van der Waals surface area contributed by atoms with Crippen LogP contribution in [-0.2, 0) is 9.59 Å². The molecule has 0 heterocycles. The van der Waals surface area contributed by atoms with Gasteiger partial charge in [0.2, 0.25) is 5.91 Å². The summed E-state index contributed by atoms with van der Waals surface area (Å²) in [5.74, 6) is -1.27. The van der Waals surface area contributed by atoms with E-state index in [1.54, 1.807) is 36.4 Å². The van der Waals surface area contributed by atoms with Crippen molar-refractivity contribution >= 4 is 29.2 Å². The largest absolute Gasteiger partial charge is 0.484 e. The lowest BCUT2D eigenvalue weighted by atomic mass is 10.1. The highest BCUT2D eigenvalue weighted by Gasteiger charge is 2.09. The zero-order valence-electron chi connectivity index (χ0n) is 14.7. The Hall–Kier alpha value is -3.68. The average Bonchev–Trinajstić information content (AvgIpc) is 2.65. The van der Waals surface area contributed by atoms with Crippen molar-refractivity contribution in [2.45, 2.75) is 6.92 Å². The van der Waals surface area contributed by atoms with E-state index in [4.69, 9.17) is 10.5 Å². The number of carbonyl (C=O) groups excluding carboxylic acids is 4. The molecule has 0 aromatic heterocycles. The molecule has 0 aliphatic carbocycles. The Morgan fingerprint density at radius 1 is 1.00 bits per heavy atom. The first-order chi connectivity index (χ1) is 12.8. The van der Waals surface area contributed by atoms with Gasteiger partial charge in [0.05, 0.1) is 6.54 Å². The summed E-state index contributed by atoms with van der Waals surface area (Å²) < 4.78 is 5.38. The van der Waals surface area contributed by atoms with Crippen molar-refractivity contribution in [3.05, 3.63) is 59.7 Å². The topological polar surface area (TPSA) is 128 Å². The smallest absolute Gasteiger partial charge is 0.262 e. The van der Waals surface area contributed by atoms with Crippen molar-refractivity contribution in [2.24, 2.45) is 5.73 Å². The number of nitrogens with one attached hydrogen (secondary N) is 2. The summed E-state index contributed by atoms with van der Waals surface area (Å²) >= 11 is 0. The summed E-state index contributed by atoms with van der Waals surface area (Å²) in [6.45, 7) is 0.903. The Balaban J connectivity index is 1.93. The van der Waals surface area contributed by atoms with Crippen LogP contribution in [0.2, 0.25) is 0 Å². The Bertz CT molecular complexity index is 879. The molecule has 27 heavy (non-hydrogen) atoms. The van der Waals surface area contributed by atoms with E-state index in [1.165, 1.54) is 19.1 Å². The highest BCUT2D eigenvalue weighted by atomic mass is 16.5. The van der Waals surface area contributed by atoms with Gasteiger partial charge in [-0.15, -0.1) is 0 Å². The number of primary amides is 1. The molecule has 0 radical (unpaired) electrons. The van der Waals surface area contributed by atoms with Crippen molar-refractivity contribution < 1.29 is 23.9 Å². The van der Waals surface area contributed by atoms with E-state index in [1.807, 2.05) is 0 Å². The molecule has 0 bridgehead atoms. The number of hydrogen-bond donors (Lipinski definition) is 3. The zero-order chi connectivity index (χ0) is 19.8. The lowest BCUT2D eigenvalue weighted by Gasteiger charge is -2.09. The minimum atomic E-state index is -0.654. The molecule has 0 aliphatic heterocycles. The summed E-state index contributed by atoms with van der Waals surface area (Å²) in [4.78, 5) is 46.0. The van der Waals surface area contributed by atoms with Gasteiger partial charge < -0.3 is 21.1 Å². The maximum atomic E-state index is 12.0. The van der Waals surface area contributed by atoms with Gasteiger partial charge in [0, 0.05) is 16.8 Å². The zero-order valence-corrected chi connectivity index (χ0v) is 14.7. The molecule has 0 aliphatic rings. The highest BCUT2D eigenvalue weighted by Crippen LogP contribution is 2.14. The Labute approximate surface area is 155 Å². The predicted octanol–water partition coefficient (Wildman–Crippen LogP) is 1.12. The third-order valence-corrected chi connectivity index (χ3v) is 3.44. The molecule has 8 nitrogen and oxygen atoms in total. The second kappa shape index (κ2) is 9.14. The number of ketones is 1. The van der Waals surface area contributed by atoms with E-state index in [-0.39, 0.29) is 24.5 Å². The fourth-order valence-electron chi connectivity index (χ4n) is 2.16. The van der Waals surface area contributed by atoms with Gasteiger partial charge in [-0.05, 0) is 37.3 Å². The van der Waals surface area contributed by atoms with Crippen LogP contribution in [0.15, 0.2) is 48.5 Å². The second-order valence-corrected chi connectivity index (χ2v) is 5.65. The van der Waals surface area contributed by atoms with Crippen molar-refractivity contribution in [3.8, 4) is 5.75 Å². The fraction of sp³-hybridized carbons (Fsp3) is 0.158. The van der Waals surface area contributed by atoms with Crippen molar-refractivity contribution in [2.75, 3.05) is 18.5 Å². The predicted molar refractivity (Wildman–Crippen MR) is 98.5 cm³/mol. The van der Waals surface area contributed by atoms with Crippen LogP contribution in [0.5, 0.6) is 5.75 Å². The van der Waals surface area contributed by atoms with Crippen LogP contribution in [0.25, 0.3) is 0 Å². The molecule has 0 saturated carbocycles. The van der Waals surface area contributed by atoms with Crippen LogP contribution in [0.4, 0.5) is 5.69 Å². The minimum absolute atomic E-state index is 0.101. The van der Waals surface area contributed by atoms with E-state index in [9.17, 15) is 19.2 Å². The number of amides is 3. The van der Waals surface area contributed by atoms with Crippen LogP contribution in [0, 0.1) is 0 Å². The molecule has 2 aromatic rings. The Morgan fingerprint density at radius 3 is 2.41 bits per heavy atom. The number of benzene rings is 2. The van der Waals surface area contributed by atoms with Gasteiger partial charge in [0.1, 0.15) is 5.75 Å². The van der Waals surface area contributed by atoms with Gasteiger partial charge in [-0.3, -0.25) is 19.2 Å². The van der Waals surface area contributed by atoms with Gasteiger partial charge in [-0.2, -0.15) is 0 Å². The first kappa shape index (κ1) is 19.6. The van der Waals surface area contributed by atoms with Gasteiger partial charge in [0.25, 0.3) is 11.8 Å². The lowest BCUT2D eigenvalue weighted by molar-refractivity contribution is -0.118. The van der Waals surface area contributed by atoms with Crippen LogP contribution in [0.3, 0.4) is 0 Å². The van der Waals surface area contributed by atoms with E-state index in [0.29, 0.717) is 17.0 Å². The van der Waals surface area contributed by atoms with E-state index in [0.717, 1.165) is 0 Å². The van der Waals surface area contributed by atoms with Crippen molar-refractivity contribution in [1.82, 2.24) is 5.32 Å². The third kappa shape index (κ3) is 6.28. The summed E-state index contributed by atoms with van der Waals surface area (Å²) in [7, 11) is 0. The molecular formula is C19H19N3O5. The van der Waals surface area contributed by atoms with Gasteiger partial charge in [0.15, 0.2) is 12.4 Å². The number of ether oxygens (including phenoxy) is 1. The SMILES string of the molecule is CC(=O)c1cccc(OCC(=O)Nc2cccc(C(=O)NCC(N)=O)c2)c1. The van der Waals surface area contributed by atoms with E-state index >= 15 is 0 Å². The maximum Gasteiger partial charge on any atom is 0.262 e. The summed E-state index contributed by atoms with van der Waals surface area (Å²) in [6, 6.07) is 12.7. The highest BCUT2D eigenvalue weighted by molar-refractivity contribution is 5.98. The molecule has 2 aromatic carbocycles. The molecule has 2 rings (SSSR count). The van der Waals surface area contributed by atoms with Gasteiger partial charge >= 0.3 is 0 Å². The average molecular weight is 369 g/mol. The van der Waals surface area contributed by atoms with Gasteiger partial charge in [-0.25, -0.2) is 0 Å². The first-order valence-electron chi connectivity index (χ1n) is 8.05. The number of anilines is 1. The molecule has 0 atom stereocenters. The number of nitrogens with two attached hydrogens (primary N) is 1. The lowest BCUT2D eigenvalue weighted by Crippen LogP contribution is -2.33. The Kier molecular flexibility index (Phi) is 6.65. The molecule has 0 unspecified atom stereocenters. The van der Waals surface area contributed by atoms with Crippen molar-refractivity contribution in [3.63, 3.8) is 0 Å². The standard InChI is InChI=1S/C19H19N3O5/c1-12(23)13-4-3-7-16(9-13)27-11-18(25)22-15-6-2-5-14(8-15)19(26)21-10-17(20)24/h2-9H,10-11H2,1H3,(H2,20,24)(H,21,26)(H,22,25). The molecule has 140 valence electrons. The van der Waals surface area contributed by atoms with Crippen molar-refractivity contribution in [1.29, 1.82) is 0 Å². The quantitative estimate of drug-likeness (QED) is 0.601. The maximum absolute atomic E-state index is 12.0. The number of Topliss-reactive ketones (excluding diaryl/α,β-unsaturated/α-hetero) is 1. The molecule has 0 fully saturated rings. The summed E-state index contributed by atoms with van der Waals surface area (Å²) in [6.07, 6.45) is 0. The molecule has 0 spiro atoms. The number of carbonyl (C=O) groups is 4. The van der Waals surface area contributed by atoms with Crippen LogP contribution < -0.4 is 21.1 Å². The van der Waals surface area contributed by atoms with Crippen LogP contribution in [0.1, 0.15) is 27.6 Å². The molecular weight excluding hydrogens is 350 g/mol. The molecule has 0 saturated heterocycles. The summed E-state index contributed by atoms with van der Waals surface area (Å²) in [5, 5.41) is 4.97. The first-order valence-corrected chi connectivity index (χ1v) is 8.05. The normalized spacial score (nSPS) is 9.96. The molecule has 3 amide bonds. The van der Waals surface area contributed by atoms with E-state index in [2.05, 4.69) is 10.6 Å². The number of rotatable bonds is 8. The monoisotopic (exact) mass is 369 g/mol. The van der Waals surface area contributed by atoms with E-state index < -0.39 is 17.7 Å². The van der Waals surface area contributed by atoms with Crippen LogP contribution >= 0.6 is 0 Å². The number of hydrogen-bond acceptors (Lipinski definition) is 5. The minimum Gasteiger partial charge on any atom is -0.484 e. The fourth-order valence-corrected chi connectivity index (χ4v) is 2.16. The molecule has 4 N–H and O–H groups in total. The van der Waals surface area contributed by atoms with Gasteiger partial charge in [-0.1, -0.05) is 18.2 Å².